The summed E-state index contributed by atoms with van der Waals surface area (Å²) in [6.07, 6.45) is 0. The van der Waals surface area contributed by atoms with Gasteiger partial charge in [-0.25, -0.2) is 8.42 Å². The van der Waals surface area contributed by atoms with Crippen molar-refractivity contribution in [2.45, 2.75) is 18.7 Å². The van der Waals surface area contributed by atoms with Gasteiger partial charge in [0.2, 0.25) is 0 Å². The number of halogens is 3. The molecule has 1 aromatic carbocycles. The Morgan fingerprint density at radius 3 is 2.29 bits per heavy atom. The molecule has 0 fully saturated rings. The highest BCUT2D eigenvalue weighted by molar-refractivity contribution is 9.11. The molecule has 0 aliphatic carbocycles. The summed E-state index contributed by atoms with van der Waals surface area (Å²) in [5, 5.41) is 2.72. The fraction of sp³-hybridized carbons (Fsp3) is 0.417. The molecular formula is C12H14Br2ClNO4S. The molecule has 1 amide bonds. The Bertz CT molecular complexity index is 611. The first-order valence-electron chi connectivity index (χ1n) is 5.94. The third kappa shape index (κ3) is 6.14. The van der Waals surface area contributed by atoms with E-state index in [1.807, 2.05) is 13.8 Å². The number of amides is 1. The summed E-state index contributed by atoms with van der Waals surface area (Å²) >= 11 is 6.39. The smallest absolute Gasteiger partial charge is 0.261 e. The van der Waals surface area contributed by atoms with Crippen molar-refractivity contribution in [1.29, 1.82) is 0 Å². The number of hydrogen-bond acceptors (Lipinski definition) is 4. The third-order valence-corrected chi connectivity index (χ3v) is 4.82. The van der Waals surface area contributed by atoms with Gasteiger partial charge in [0.05, 0.1) is 13.8 Å². The Labute approximate surface area is 145 Å². The van der Waals surface area contributed by atoms with Crippen LogP contribution in [0.25, 0.3) is 0 Å². The van der Waals surface area contributed by atoms with Crippen LogP contribution in [0.4, 0.5) is 0 Å². The van der Waals surface area contributed by atoms with Crippen molar-refractivity contribution in [2.24, 2.45) is 5.92 Å². The Balaban J connectivity index is 2.79. The standard InChI is InChI=1S/C12H14Br2ClNO4S/c1-7(2)5-16-11(17)6-20-12-9(13)3-8(4-10(12)14)21(15,18)19/h3-4,7H,5-6H2,1-2H3,(H,16,17). The van der Waals surface area contributed by atoms with Gasteiger partial charge in [-0.05, 0) is 49.9 Å². The summed E-state index contributed by atoms with van der Waals surface area (Å²) in [5.74, 6) is 0.427. The molecule has 1 rings (SSSR count). The molecule has 0 bridgehead atoms. The lowest BCUT2D eigenvalue weighted by atomic mass is 10.2. The summed E-state index contributed by atoms with van der Waals surface area (Å²) in [6, 6.07) is 2.63. The van der Waals surface area contributed by atoms with E-state index in [0.29, 0.717) is 27.2 Å². The molecule has 9 heteroatoms. The minimum atomic E-state index is -3.84. The predicted molar refractivity (Wildman–Crippen MR) is 88.2 cm³/mol. The van der Waals surface area contributed by atoms with E-state index in [4.69, 9.17) is 15.4 Å². The molecule has 21 heavy (non-hydrogen) atoms. The van der Waals surface area contributed by atoms with E-state index < -0.39 is 9.05 Å². The number of carbonyl (C=O) groups excluding carboxylic acids is 1. The van der Waals surface area contributed by atoms with Gasteiger partial charge in [0.15, 0.2) is 6.61 Å². The summed E-state index contributed by atoms with van der Waals surface area (Å²) in [5.41, 5.74) is 0. The summed E-state index contributed by atoms with van der Waals surface area (Å²) in [7, 11) is 1.44. The van der Waals surface area contributed by atoms with Gasteiger partial charge in [0.25, 0.3) is 15.0 Å². The maximum absolute atomic E-state index is 11.6. The Morgan fingerprint density at radius 1 is 1.33 bits per heavy atom. The molecule has 0 saturated heterocycles. The Morgan fingerprint density at radius 2 is 1.86 bits per heavy atom. The maximum atomic E-state index is 11.6. The van der Waals surface area contributed by atoms with Crippen LogP contribution in [0.1, 0.15) is 13.8 Å². The zero-order valence-electron chi connectivity index (χ0n) is 11.3. The second-order valence-corrected chi connectivity index (χ2v) is 8.92. The average Bonchev–Trinajstić information content (AvgIpc) is 2.33. The summed E-state index contributed by atoms with van der Waals surface area (Å²) < 4.78 is 28.7. The molecule has 0 radical (unpaired) electrons. The van der Waals surface area contributed by atoms with Gasteiger partial charge < -0.3 is 10.1 Å². The zero-order valence-corrected chi connectivity index (χ0v) is 16.1. The van der Waals surface area contributed by atoms with Crippen LogP contribution >= 0.6 is 42.5 Å². The van der Waals surface area contributed by atoms with Crippen molar-refractivity contribution >= 4 is 57.5 Å². The number of benzene rings is 1. The van der Waals surface area contributed by atoms with E-state index in [1.54, 1.807) is 0 Å². The molecular weight excluding hydrogens is 449 g/mol. The van der Waals surface area contributed by atoms with Gasteiger partial charge in [-0.3, -0.25) is 4.79 Å². The minimum Gasteiger partial charge on any atom is -0.481 e. The quantitative estimate of drug-likeness (QED) is 0.657. The molecule has 118 valence electrons. The van der Waals surface area contributed by atoms with Gasteiger partial charge >= 0.3 is 0 Å². The molecule has 0 atom stereocenters. The normalized spacial score (nSPS) is 11.5. The highest BCUT2D eigenvalue weighted by Crippen LogP contribution is 2.36. The van der Waals surface area contributed by atoms with Crippen LogP contribution < -0.4 is 10.1 Å². The Kier molecular flexibility index (Phi) is 6.96. The highest BCUT2D eigenvalue weighted by Gasteiger charge is 2.17. The van der Waals surface area contributed by atoms with E-state index in [2.05, 4.69) is 37.2 Å². The molecule has 0 unspecified atom stereocenters. The lowest BCUT2D eigenvalue weighted by molar-refractivity contribution is -0.123. The second kappa shape index (κ2) is 7.80. The zero-order chi connectivity index (χ0) is 16.2. The topological polar surface area (TPSA) is 72.5 Å². The molecule has 0 spiro atoms. The molecule has 0 aromatic heterocycles. The van der Waals surface area contributed by atoms with E-state index in [-0.39, 0.29) is 17.4 Å². The minimum absolute atomic E-state index is 0.0699. The van der Waals surface area contributed by atoms with Crippen LogP contribution in [-0.2, 0) is 13.8 Å². The largest absolute Gasteiger partial charge is 0.481 e. The van der Waals surface area contributed by atoms with Crippen LogP contribution in [0.15, 0.2) is 26.0 Å². The Hall–Kier alpha value is -0.310. The summed E-state index contributed by atoms with van der Waals surface area (Å²) in [6.45, 7) is 4.37. The first kappa shape index (κ1) is 18.7. The van der Waals surface area contributed by atoms with Gasteiger partial charge in [-0.1, -0.05) is 13.8 Å². The van der Waals surface area contributed by atoms with Crippen molar-refractivity contribution in [2.75, 3.05) is 13.2 Å². The molecule has 1 N–H and O–H groups in total. The monoisotopic (exact) mass is 461 g/mol. The molecule has 0 saturated carbocycles. The van der Waals surface area contributed by atoms with Gasteiger partial charge in [0.1, 0.15) is 5.75 Å². The van der Waals surface area contributed by atoms with Crippen LogP contribution in [-0.4, -0.2) is 27.5 Å². The van der Waals surface area contributed by atoms with E-state index in [0.717, 1.165) is 0 Å². The molecule has 1 aromatic rings. The average molecular weight is 464 g/mol. The van der Waals surface area contributed by atoms with Gasteiger partial charge in [-0.15, -0.1) is 0 Å². The van der Waals surface area contributed by atoms with Crippen molar-refractivity contribution in [3.63, 3.8) is 0 Å². The third-order valence-electron chi connectivity index (χ3n) is 2.31. The summed E-state index contributed by atoms with van der Waals surface area (Å²) in [4.78, 5) is 11.5. The fourth-order valence-electron chi connectivity index (χ4n) is 1.32. The first-order valence-corrected chi connectivity index (χ1v) is 9.84. The lowest BCUT2D eigenvalue weighted by Gasteiger charge is -2.12. The number of hydrogen-bond donors (Lipinski definition) is 1. The SMILES string of the molecule is CC(C)CNC(=O)COc1c(Br)cc(S(=O)(=O)Cl)cc1Br. The number of carbonyl (C=O) groups is 1. The van der Waals surface area contributed by atoms with Crippen LogP contribution in [0.3, 0.4) is 0 Å². The highest BCUT2D eigenvalue weighted by atomic mass is 79.9. The second-order valence-electron chi connectivity index (χ2n) is 4.64. The first-order chi connectivity index (χ1) is 9.61. The number of nitrogens with one attached hydrogen (secondary N) is 1. The molecule has 0 heterocycles. The maximum Gasteiger partial charge on any atom is 0.261 e. The van der Waals surface area contributed by atoms with Crippen LogP contribution in [0.2, 0.25) is 0 Å². The lowest BCUT2D eigenvalue weighted by Crippen LogP contribution is -2.31. The van der Waals surface area contributed by atoms with Crippen molar-refractivity contribution < 1.29 is 17.9 Å². The van der Waals surface area contributed by atoms with Crippen molar-refractivity contribution in [3.05, 3.63) is 21.1 Å². The van der Waals surface area contributed by atoms with Gasteiger partial charge in [-0.2, -0.15) is 0 Å². The van der Waals surface area contributed by atoms with Crippen LogP contribution in [0.5, 0.6) is 5.75 Å². The number of rotatable bonds is 6. The van der Waals surface area contributed by atoms with E-state index in [9.17, 15) is 13.2 Å². The molecule has 0 aliphatic heterocycles. The fourth-order valence-corrected chi connectivity index (χ4v) is 3.82. The molecule has 5 nitrogen and oxygen atoms in total. The van der Waals surface area contributed by atoms with Gasteiger partial charge in [0, 0.05) is 17.2 Å². The van der Waals surface area contributed by atoms with Crippen molar-refractivity contribution in [1.82, 2.24) is 5.32 Å². The predicted octanol–water partition coefficient (Wildman–Crippen LogP) is 3.29. The van der Waals surface area contributed by atoms with Crippen molar-refractivity contribution in [3.8, 4) is 5.75 Å². The number of ether oxygens (including phenoxy) is 1. The molecule has 0 aliphatic rings. The van der Waals surface area contributed by atoms with Crippen LogP contribution in [0, 0.1) is 5.92 Å². The van der Waals surface area contributed by atoms with E-state index >= 15 is 0 Å². The van der Waals surface area contributed by atoms with E-state index in [1.165, 1.54) is 12.1 Å².